The highest BCUT2D eigenvalue weighted by atomic mass is 35.5. The molecule has 7 heteroatoms. The van der Waals surface area contributed by atoms with Crippen LogP contribution >= 0.6 is 11.6 Å². The lowest BCUT2D eigenvalue weighted by Gasteiger charge is -2.13. The molecule has 4 N–H and O–H groups in total. The molecule has 0 atom stereocenters. The Morgan fingerprint density at radius 3 is 2.54 bits per heavy atom. The summed E-state index contributed by atoms with van der Waals surface area (Å²) in [7, 11) is 0. The number of halogens is 1. The number of primary amides is 1. The second-order valence-corrected chi connectivity index (χ2v) is 6.29. The van der Waals surface area contributed by atoms with Crippen molar-refractivity contribution < 1.29 is 14.3 Å². The average Bonchev–Trinajstić information content (AvgIpc) is 2.58. The van der Waals surface area contributed by atoms with Gasteiger partial charge in [-0.05, 0) is 50.1 Å². The fraction of sp³-hybridized carbons (Fsp3) is 0.263. The number of carbonyl (C=O) groups is 2. The van der Waals surface area contributed by atoms with Crippen molar-refractivity contribution in [3.63, 3.8) is 0 Å². The summed E-state index contributed by atoms with van der Waals surface area (Å²) in [5.41, 5.74) is 6.63. The van der Waals surface area contributed by atoms with Crippen LogP contribution in [0.3, 0.4) is 0 Å². The molecule has 2 aromatic carbocycles. The Hall–Kier alpha value is -2.73. The van der Waals surface area contributed by atoms with Gasteiger partial charge in [0.2, 0.25) is 5.91 Å². The summed E-state index contributed by atoms with van der Waals surface area (Å²) in [5.74, 6) is 1.04. The van der Waals surface area contributed by atoms with E-state index in [2.05, 4.69) is 10.6 Å². The Labute approximate surface area is 157 Å². The van der Waals surface area contributed by atoms with Crippen LogP contribution in [-0.2, 0) is 4.79 Å². The topological polar surface area (TPSA) is 93.4 Å². The van der Waals surface area contributed by atoms with Gasteiger partial charge in [-0.3, -0.25) is 4.79 Å². The first-order valence-electron chi connectivity index (χ1n) is 8.31. The molecule has 0 heterocycles. The Morgan fingerprint density at radius 1 is 1.12 bits per heavy atom. The summed E-state index contributed by atoms with van der Waals surface area (Å²) in [6.07, 6.45) is 1.61. The molecule has 0 fully saturated rings. The van der Waals surface area contributed by atoms with Crippen molar-refractivity contribution in [2.45, 2.75) is 26.2 Å². The molecule has 0 saturated heterocycles. The predicted octanol–water partition coefficient (Wildman–Crippen LogP) is 4.22. The van der Waals surface area contributed by atoms with Crippen molar-refractivity contribution in [2.24, 2.45) is 5.73 Å². The lowest BCUT2D eigenvalue weighted by Crippen LogP contribution is -2.30. The van der Waals surface area contributed by atoms with Gasteiger partial charge in [-0.15, -0.1) is 0 Å². The van der Waals surface area contributed by atoms with E-state index in [1.54, 1.807) is 18.2 Å². The summed E-state index contributed by atoms with van der Waals surface area (Å²) < 4.78 is 5.86. The second kappa shape index (κ2) is 9.68. The van der Waals surface area contributed by atoms with Crippen LogP contribution in [0.25, 0.3) is 0 Å². The van der Waals surface area contributed by atoms with Gasteiger partial charge in [-0.1, -0.05) is 29.3 Å². The summed E-state index contributed by atoms with van der Waals surface area (Å²) in [5, 5.41) is 5.81. The normalized spacial score (nSPS) is 10.2. The van der Waals surface area contributed by atoms with Gasteiger partial charge in [-0.2, -0.15) is 0 Å². The third-order valence-electron chi connectivity index (χ3n) is 3.59. The maximum atomic E-state index is 12.1. The monoisotopic (exact) mass is 375 g/mol. The minimum atomic E-state index is -0.564. The number of carbonyl (C=O) groups excluding carboxylic acids is 2. The van der Waals surface area contributed by atoms with E-state index >= 15 is 0 Å². The molecule has 0 aliphatic heterocycles. The third-order valence-corrected chi connectivity index (χ3v) is 3.83. The highest BCUT2D eigenvalue weighted by Gasteiger charge is 2.10. The van der Waals surface area contributed by atoms with Crippen LogP contribution in [0.1, 0.15) is 24.8 Å². The lowest BCUT2D eigenvalue weighted by atomic mass is 10.2. The number of hydrogen-bond donors (Lipinski definition) is 3. The minimum Gasteiger partial charge on any atom is -0.455 e. The largest absolute Gasteiger partial charge is 0.455 e. The summed E-state index contributed by atoms with van der Waals surface area (Å²) in [6.45, 7) is 2.44. The first-order chi connectivity index (χ1) is 12.4. The number of hydrogen-bond acceptors (Lipinski definition) is 3. The van der Waals surface area contributed by atoms with E-state index < -0.39 is 6.03 Å². The van der Waals surface area contributed by atoms with Crippen LogP contribution in [0.2, 0.25) is 5.02 Å². The van der Waals surface area contributed by atoms with Gasteiger partial charge in [-0.25, -0.2) is 4.79 Å². The molecule has 2 rings (SSSR count). The van der Waals surface area contributed by atoms with Crippen molar-refractivity contribution in [1.82, 2.24) is 5.32 Å². The van der Waals surface area contributed by atoms with Crippen molar-refractivity contribution in [1.29, 1.82) is 0 Å². The number of nitrogens with one attached hydrogen (secondary N) is 2. The molecule has 0 radical (unpaired) electrons. The highest BCUT2D eigenvalue weighted by molar-refractivity contribution is 6.31. The Kier molecular flexibility index (Phi) is 7.29. The molecular formula is C19H22ClN3O3. The SMILES string of the molecule is Cc1ccc(Oc2ccc(Cl)cc2NC(=O)CCCCNC(N)=O)cc1. The van der Waals surface area contributed by atoms with E-state index in [4.69, 9.17) is 22.1 Å². The Bertz CT molecular complexity index is 763. The molecule has 3 amide bonds. The fourth-order valence-electron chi connectivity index (χ4n) is 2.26. The van der Waals surface area contributed by atoms with Crippen molar-refractivity contribution in [2.75, 3.05) is 11.9 Å². The van der Waals surface area contributed by atoms with Crippen LogP contribution < -0.4 is 21.1 Å². The Morgan fingerprint density at radius 2 is 1.85 bits per heavy atom. The van der Waals surface area contributed by atoms with Gasteiger partial charge in [0.15, 0.2) is 5.75 Å². The zero-order valence-corrected chi connectivity index (χ0v) is 15.3. The summed E-state index contributed by atoms with van der Waals surface area (Å²) >= 11 is 6.04. The van der Waals surface area contributed by atoms with Crippen LogP contribution in [0.4, 0.5) is 10.5 Å². The van der Waals surface area contributed by atoms with Crippen molar-refractivity contribution >= 4 is 29.2 Å². The Balaban J connectivity index is 1.95. The van der Waals surface area contributed by atoms with E-state index in [-0.39, 0.29) is 5.91 Å². The number of unbranched alkanes of at least 4 members (excludes halogenated alkanes) is 1. The summed E-state index contributed by atoms with van der Waals surface area (Å²) in [6, 6.07) is 12.1. The van der Waals surface area contributed by atoms with E-state index in [0.29, 0.717) is 48.0 Å². The number of nitrogens with two attached hydrogens (primary N) is 1. The van der Waals surface area contributed by atoms with Crippen LogP contribution in [-0.4, -0.2) is 18.5 Å². The minimum absolute atomic E-state index is 0.153. The van der Waals surface area contributed by atoms with Gasteiger partial charge in [0.1, 0.15) is 5.75 Å². The number of rotatable bonds is 8. The molecule has 26 heavy (non-hydrogen) atoms. The highest BCUT2D eigenvalue weighted by Crippen LogP contribution is 2.32. The zero-order chi connectivity index (χ0) is 18.9. The van der Waals surface area contributed by atoms with Crippen LogP contribution in [0.5, 0.6) is 11.5 Å². The molecule has 0 aliphatic carbocycles. The van der Waals surface area contributed by atoms with E-state index in [1.807, 2.05) is 31.2 Å². The number of aryl methyl sites for hydroxylation is 1. The number of ether oxygens (including phenoxy) is 1. The van der Waals surface area contributed by atoms with Gasteiger partial charge < -0.3 is 21.1 Å². The zero-order valence-electron chi connectivity index (χ0n) is 14.5. The molecule has 0 saturated carbocycles. The van der Waals surface area contributed by atoms with Gasteiger partial charge in [0.05, 0.1) is 5.69 Å². The average molecular weight is 376 g/mol. The molecule has 0 unspecified atom stereocenters. The van der Waals surface area contributed by atoms with E-state index in [1.165, 1.54) is 0 Å². The maximum absolute atomic E-state index is 12.1. The van der Waals surface area contributed by atoms with Gasteiger partial charge in [0, 0.05) is 18.0 Å². The van der Waals surface area contributed by atoms with Gasteiger partial charge >= 0.3 is 6.03 Å². The van der Waals surface area contributed by atoms with Crippen LogP contribution in [0.15, 0.2) is 42.5 Å². The number of anilines is 1. The molecule has 138 valence electrons. The van der Waals surface area contributed by atoms with Crippen molar-refractivity contribution in [3.8, 4) is 11.5 Å². The number of amides is 3. The third kappa shape index (κ3) is 6.64. The quantitative estimate of drug-likeness (QED) is 0.603. The number of urea groups is 1. The molecule has 6 nitrogen and oxygen atoms in total. The molecular weight excluding hydrogens is 354 g/mol. The van der Waals surface area contributed by atoms with Gasteiger partial charge in [0.25, 0.3) is 0 Å². The second-order valence-electron chi connectivity index (χ2n) is 5.85. The first kappa shape index (κ1) is 19.6. The molecule has 0 aromatic heterocycles. The van der Waals surface area contributed by atoms with E-state index in [9.17, 15) is 9.59 Å². The standard InChI is InChI=1S/C19H22ClN3O3/c1-13-5-8-15(9-6-13)26-17-10-7-14(20)12-16(17)23-18(24)4-2-3-11-22-19(21)25/h5-10,12H,2-4,11H2,1H3,(H,23,24)(H3,21,22,25). The molecule has 0 bridgehead atoms. The van der Waals surface area contributed by atoms with Crippen LogP contribution in [0, 0.1) is 6.92 Å². The first-order valence-corrected chi connectivity index (χ1v) is 8.69. The maximum Gasteiger partial charge on any atom is 0.312 e. The molecule has 2 aromatic rings. The molecule has 0 spiro atoms. The fourth-order valence-corrected chi connectivity index (χ4v) is 2.43. The van der Waals surface area contributed by atoms with Crippen molar-refractivity contribution in [3.05, 3.63) is 53.1 Å². The smallest absolute Gasteiger partial charge is 0.312 e. The van der Waals surface area contributed by atoms with E-state index in [0.717, 1.165) is 5.56 Å². The number of benzene rings is 2. The lowest BCUT2D eigenvalue weighted by molar-refractivity contribution is -0.116. The molecule has 0 aliphatic rings. The summed E-state index contributed by atoms with van der Waals surface area (Å²) in [4.78, 5) is 22.7. The predicted molar refractivity (Wildman–Crippen MR) is 103 cm³/mol.